The Morgan fingerprint density at radius 3 is 1.80 bits per heavy atom. The van der Waals surface area contributed by atoms with Gasteiger partial charge in [-0.15, -0.1) is 11.6 Å². The lowest BCUT2D eigenvalue weighted by Gasteiger charge is -2.15. The molecule has 0 aliphatic carbocycles. The van der Waals surface area contributed by atoms with Crippen LogP contribution in [0.1, 0.15) is 27.2 Å². The van der Waals surface area contributed by atoms with Gasteiger partial charge in [-0.3, -0.25) is 4.79 Å². The summed E-state index contributed by atoms with van der Waals surface area (Å²) in [6.45, 7) is 6.15. The second-order valence-corrected chi connectivity index (χ2v) is 9.23. The summed E-state index contributed by atoms with van der Waals surface area (Å²) in [6.07, 6.45) is 0.441. The van der Waals surface area contributed by atoms with Crippen LogP contribution >= 0.6 is 11.6 Å². The van der Waals surface area contributed by atoms with Crippen LogP contribution in [0, 0.1) is 5.92 Å². The standard InChI is InChI=1S/C22H27ClO6S/c1-4-16(2)14-27-18-5-9-21(10-6-18)30(25,26)22-11-7-19(8-12-22)28-15-20(13-23)29-17(3)24/h5-12,16,20H,4,13-15H2,1-3H3/t16-,20-/m0/s1. The maximum atomic E-state index is 12.8. The number of sulfone groups is 1. The Morgan fingerprint density at radius 1 is 0.933 bits per heavy atom. The van der Waals surface area contributed by atoms with Gasteiger partial charge in [-0.05, 0) is 54.4 Å². The first-order valence-corrected chi connectivity index (χ1v) is 11.7. The van der Waals surface area contributed by atoms with Gasteiger partial charge in [-0.2, -0.15) is 0 Å². The molecule has 0 aromatic heterocycles. The van der Waals surface area contributed by atoms with Crippen LogP contribution < -0.4 is 9.47 Å². The Labute approximate surface area is 183 Å². The molecule has 2 rings (SSSR count). The SMILES string of the molecule is CC[C@H](C)COc1ccc(S(=O)(=O)c2ccc(OC[C@H](CCl)OC(C)=O)cc2)cc1. The third kappa shape index (κ3) is 6.92. The normalized spacial score (nSPS) is 13.3. The van der Waals surface area contributed by atoms with Crippen molar-refractivity contribution >= 4 is 27.4 Å². The fraction of sp³-hybridized carbons (Fsp3) is 0.409. The largest absolute Gasteiger partial charge is 0.493 e. The third-order valence-corrected chi connectivity index (χ3v) is 6.57. The van der Waals surface area contributed by atoms with Crippen molar-refractivity contribution in [3.05, 3.63) is 48.5 Å². The Morgan fingerprint density at radius 2 is 1.40 bits per heavy atom. The second-order valence-electron chi connectivity index (χ2n) is 6.97. The molecule has 0 spiro atoms. The summed E-state index contributed by atoms with van der Waals surface area (Å²) in [5, 5.41) is 0. The van der Waals surface area contributed by atoms with E-state index in [1.54, 1.807) is 24.3 Å². The molecular formula is C22H27ClO6S. The van der Waals surface area contributed by atoms with Gasteiger partial charge in [0.25, 0.3) is 0 Å². The molecule has 0 aliphatic rings. The first kappa shape index (κ1) is 24.0. The minimum atomic E-state index is -3.66. The van der Waals surface area contributed by atoms with Crippen molar-refractivity contribution < 1.29 is 27.4 Å². The van der Waals surface area contributed by atoms with Crippen LogP contribution in [0.3, 0.4) is 0 Å². The van der Waals surface area contributed by atoms with Crippen LogP contribution in [-0.2, 0) is 19.4 Å². The van der Waals surface area contributed by atoms with Crippen molar-refractivity contribution in [3.63, 3.8) is 0 Å². The fourth-order valence-corrected chi connectivity index (χ4v) is 3.87. The van der Waals surface area contributed by atoms with Crippen molar-refractivity contribution in [1.29, 1.82) is 0 Å². The van der Waals surface area contributed by atoms with Crippen LogP contribution in [0.25, 0.3) is 0 Å². The van der Waals surface area contributed by atoms with Gasteiger partial charge >= 0.3 is 5.97 Å². The van der Waals surface area contributed by atoms with Crippen LogP contribution in [0.5, 0.6) is 11.5 Å². The summed E-state index contributed by atoms with van der Waals surface area (Å²) in [4.78, 5) is 11.3. The van der Waals surface area contributed by atoms with Gasteiger partial charge in [-0.25, -0.2) is 8.42 Å². The highest BCUT2D eigenvalue weighted by Crippen LogP contribution is 2.25. The summed E-state index contributed by atoms with van der Waals surface area (Å²) in [5.41, 5.74) is 0. The van der Waals surface area contributed by atoms with Crippen molar-refractivity contribution in [2.24, 2.45) is 5.92 Å². The molecule has 2 atom stereocenters. The Balaban J connectivity index is 2.03. The molecule has 0 aliphatic heterocycles. The number of alkyl halides is 1. The van der Waals surface area contributed by atoms with E-state index in [0.717, 1.165) is 6.42 Å². The summed E-state index contributed by atoms with van der Waals surface area (Å²) in [7, 11) is -3.66. The zero-order valence-electron chi connectivity index (χ0n) is 17.3. The molecule has 0 saturated carbocycles. The molecular weight excluding hydrogens is 428 g/mol. The smallest absolute Gasteiger partial charge is 0.303 e. The number of halogens is 1. The third-order valence-electron chi connectivity index (χ3n) is 4.44. The molecule has 0 heterocycles. The maximum Gasteiger partial charge on any atom is 0.303 e. The Hall–Kier alpha value is -2.25. The molecule has 30 heavy (non-hydrogen) atoms. The van der Waals surface area contributed by atoms with E-state index in [1.165, 1.54) is 31.2 Å². The van der Waals surface area contributed by atoms with Gasteiger partial charge in [0.15, 0.2) is 0 Å². The highest BCUT2D eigenvalue weighted by molar-refractivity contribution is 7.91. The predicted molar refractivity (Wildman–Crippen MR) is 115 cm³/mol. The zero-order valence-corrected chi connectivity index (χ0v) is 18.9. The van der Waals surface area contributed by atoms with Crippen LogP contribution in [0.4, 0.5) is 0 Å². The topological polar surface area (TPSA) is 78.9 Å². The monoisotopic (exact) mass is 454 g/mol. The van der Waals surface area contributed by atoms with Crippen LogP contribution in [0.2, 0.25) is 0 Å². The van der Waals surface area contributed by atoms with Gasteiger partial charge in [0, 0.05) is 6.92 Å². The average Bonchev–Trinajstić information content (AvgIpc) is 2.75. The van der Waals surface area contributed by atoms with Gasteiger partial charge in [0.05, 0.1) is 22.3 Å². The van der Waals surface area contributed by atoms with E-state index in [0.29, 0.717) is 24.0 Å². The molecule has 0 unspecified atom stereocenters. The first-order valence-electron chi connectivity index (χ1n) is 9.70. The Kier molecular flexibility index (Phi) is 8.99. The number of rotatable bonds is 11. The van der Waals surface area contributed by atoms with Crippen molar-refractivity contribution in [3.8, 4) is 11.5 Å². The molecule has 0 amide bonds. The number of carbonyl (C=O) groups is 1. The second kappa shape index (κ2) is 11.2. The molecule has 0 saturated heterocycles. The van der Waals surface area contributed by atoms with E-state index >= 15 is 0 Å². The highest BCUT2D eigenvalue weighted by Gasteiger charge is 2.18. The molecule has 0 N–H and O–H groups in total. The van der Waals surface area contributed by atoms with E-state index in [4.69, 9.17) is 25.8 Å². The van der Waals surface area contributed by atoms with Crippen molar-refractivity contribution in [2.45, 2.75) is 43.1 Å². The molecule has 0 bridgehead atoms. The quantitative estimate of drug-likeness (QED) is 0.367. The van der Waals surface area contributed by atoms with E-state index in [2.05, 4.69) is 13.8 Å². The highest BCUT2D eigenvalue weighted by atomic mass is 35.5. The minimum absolute atomic E-state index is 0.0767. The molecule has 0 radical (unpaired) electrons. The molecule has 164 valence electrons. The van der Waals surface area contributed by atoms with Gasteiger partial charge in [0.1, 0.15) is 24.2 Å². The van der Waals surface area contributed by atoms with E-state index in [-0.39, 0.29) is 22.3 Å². The van der Waals surface area contributed by atoms with E-state index in [9.17, 15) is 13.2 Å². The van der Waals surface area contributed by atoms with E-state index in [1.807, 2.05) is 0 Å². The number of benzene rings is 2. The fourth-order valence-electron chi connectivity index (χ4n) is 2.46. The number of carbonyl (C=O) groups excluding carboxylic acids is 1. The summed E-state index contributed by atoms with van der Waals surface area (Å²) < 4.78 is 41.9. The molecule has 6 nitrogen and oxygen atoms in total. The predicted octanol–water partition coefficient (Wildman–Crippen LogP) is 4.49. The van der Waals surface area contributed by atoms with Gasteiger partial charge < -0.3 is 14.2 Å². The van der Waals surface area contributed by atoms with Gasteiger partial charge in [-0.1, -0.05) is 20.3 Å². The molecule has 8 heteroatoms. The number of hydrogen-bond acceptors (Lipinski definition) is 6. The van der Waals surface area contributed by atoms with Crippen molar-refractivity contribution in [2.75, 3.05) is 19.1 Å². The average molecular weight is 455 g/mol. The number of hydrogen-bond donors (Lipinski definition) is 0. The summed E-state index contributed by atoms with van der Waals surface area (Å²) in [5.74, 6) is 1.18. The number of esters is 1. The first-order chi connectivity index (χ1) is 14.3. The van der Waals surface area contributed by atoms with Gasteiger partial charge in [0.2, 0.25) is 9.84 Å². The maximum absolute atomic E-state index is 12.8. The summed E-state index contributed by atoms with van der Waals surface area (Å²) in [6, 6.07) is 12.4. The van der Waals surface area contributed by atoms with Crippen LogP contribution in [-0.4, -0.2) is 39.6 Å². The molecule has 2 aromatic rings. The van der Waals surface area contributed by atoms with E-state index < -0.39 is 21.9 Å². The van der Waals surface area contributed by atoms with Crippen LogP contribution in [0.15, 0.2) is 58.3 Å². The lowest BCUT2D eigenvalue weighted by molar-refractivity contribution is -0.146. The number of ether oxygens (including phenoxy) is 3. The summed E-state index contributed by atoms with van der Waals surface area (Å²) >= 11 is 5.74. The lowest BCUT2D eigenvalue weighted by Crippen LogP contribution is -2.25. The van der Waals surface area contributed by atoms with Crippen molar-refractivity contribution in [1.82, 2.24) is 0 Å². The molecule has 0 fully saturated rings. The molecule has 2 aromatic carbocycles. The zero-order chi connectivity index (χ0) is 22.1. The Bertz CT molecular complexity index is 910. The lowest BCUT2D eigenvalue weighted by atomic mass is 10.1. The minimum Gasteiger partial charge on any atom is -0.493 e.